The summed E-state index contributed by atoms with van der Waals surface area (Å²) < 4.78 is 14.1. The molecule has 1 saturated heterocycles. The van der Waals surface area contributed by atoms with Gasteiger partial charge in [0.25, 0.3) is 0 Å². The minimum absolute atomic E-state index is 0.0745. The molecule has 2 unspecified atom stereocenters. The second-order valence-electron chi connectivity index (χ2n) is 6.94. The number of halogens is 1. The molecule has 1 aliphatic heterocycles. The number of rotatable bonds is 5. The molecule has 1 aliphatic rings. The Bertz CT molecular complexity index is 459. The van der Waals surface area contributed by atoms with Crippen LogP contribution < -0.4 is 5.32 Å². The highest BCUT2D eigenvalue weighted by atomic mass is 19.1. The number of piperidine rings is 1. The Hall–Kier alpha value is -0.930. The van der Waals surface area contributed by atoms with Gasteiger partial charge in [0.15, 0.2) is 0 Å². The SMILES string of the molecule is CC(C)NCc1ccc(F)c(CN2CCC(C)C(C)C2)c1. The van der Waals surface area contributed by atoms with E-state index in [1.165, 1.54) is 12.0 Å². The van der Waals surface area contributed by atoms with Crippen LogP contribution in [0.25, 0.3) is 0 Å². The summed E-state index contributed by atoms with van der Waals surface area (Å²) >= 11 is 0. The van der Waals surface area contributed by atoms with E-state index >= 15 is 0 Å². The molecule has 1 N–H and O–H groups in total. The Kier molecular flexibility index (Phi) is 5.77. The van der Waals surface area contributed by atoms with Crippen molar-refractivity contribution in [3.8, 4) is 0 Å². The first-order chi connectivity index (χ1) is 9.95. The Morgan fingerprint density at radius 2 is 2.05 bits per heavy atom. The van der Waals surface area contributed by atoms with Gasteiger partial charge in [0.1, 0.15) is 5.82 Å². The van der Waals surface area contributed by atoms with Crippen molar-refractivity contribution < 1.29 is 4.39 Å². The van der Waals surface area contributed by atoms with Crippen LogP contribution in [0.4, 0.5) is 4.39 Å². The van der Waals surface area contributed by atoms with E-state index in [0.717, 1.165) is 37.7 Å². The lowest BCUT2D eigenvalue weighted by Gasteiger charge is -2.35. The molecule has 2 atom stereocenters. The fourth-order valence-electron chi connectivity index (χ4n) is 2.91. The number of hydrogen-bond donors (Lipinski definition) is 1. The Labute approximate surface area is 128 Å². The summed E-state index contributed by atoms with van der Waals surface area (Å²) in [6.45, 7) is 12.6. The van der Waals surface area contributed by atoms with Crippen LogP contribution in [0.3, 0.4) is 0 Å². The fraction of sp³-hybridized carbons (Fsp3) is 0.667. The molecule has 0 spiro atoms. The molecule has 0 bridgehead atoms. The minimum Gasteiger partial charge on any atom is -0.310 e. The van der Waals surface area contributed by atoms with E-state index in [-0.39, 0.29) is 5.82 Å². The van der Waals surface area contributed by atoms with E-state index in [1.54, 1.807) is 6.07 Å². The molecule has 0 radical (unpaired) electrons. The lowest BCUT2D eigenvalue weighted by Crippen LogP contribution is -2.38. The van der Waals surface area contributed by atoms with Gasteiger partial charge in [-0.3, -0.25) is 4.90 Å². The molecule has 1 aromatic rings. The Balaban J connectivity index is 2.00. The van der Waals surface area contributed by atoms with Gasteiger partial charge >= 0.3 is 0 Å². The van der Waals surface area contributed by atoms with Gasteiger partial charge < -0.3 is 5.32 Å². The van der Waals surface area contributed by atoms with Crippen molar-refractivity contribution in [2.75, 3.05) is 13.1 Å². The van der Waals surface area contributed by atoms with Gasteiger partial charge in [-0.1, -0.05) is 39.8 Å². The summed E-state index contributed by atoms with van der Waals surface area (Å²) in [6.07, 6.45) is 1.22. The maximum atomic E-state index is 14.1. The quantitative estimate of drug-likeness (QED) is 0.888. The van der Waals surface area contributed by atoms with Crippen molar-refractivity contribution in [3.63, 3.8) is 0 Å². The molecule has 2 nitrogen and oxygen atoms in total. The van der Waals surface area contributed by atoms with Crippen molar-refractivity contribution in [3.05, 3.63) is 35.1 Å². The number of nitrogens with zero attached hydrogens (tertiary/aromatic N) is 1. The molecule has 118 valence electrons. The second kappa shape index (κ2) is 7.37. The molecule has 0 aliphatic carbocycles. The number of likely N-dealkylation sites (tertiary alicyclic amines) is 1. The van der Waals surface area contributed by atoms with Gasteiger partial charge in [0.05, 0.1) is 0 Å². The first-order valence-electron chi connectivity index (χ1n) is 8.18. The van der Waals surface area contributed by atoms with E-state index in [1.807, 2.05) is 12.1 Å². The highest BCUT2D eigenvalue weighted by molar-refractivity contribution is 5.25. The van der Waals surface area contributed by atoms with E-state index in [0.29, 0.717) is 12.0 Å². The number of hydrogen-bond acceptors (Lipinski definition) is 2. The topological polar surface area (TPSA) is 15.3 Å². The summed E-state index contributed by atoms with van der Waals surface area (Å²) in [6, 6.07) is 5.97. The first-order valence-corrected chi connectivity index (χ1v) is 8.18. The van der Waals surface area contributed by atoms with Crippen LogP contribution in [0.1, 0.15) is 45.2 Å². The summed E-state index contributed by atoms with van der Waals surface area (Å²) in [5, 5.41) is 3.39. The lowest BCUT2D eigenvalue weighted by atomic mass is 9.88. The highest BCUT2D eigenvalue weighted by Gasteiger charge is 2.23. The van der Waals surface area contributed by atoms with Gasteiger partial charge in [-0.05, 0) is 36.4 Å². The van der Waals surface area contributed by atoms with Gasteiger partial charge in [-0.25, -0.2) is 4.39 Å². The molecule has 1 fully saturated rings. The Morgan fingerprint density at radius 1 is 1.29 bits per heavy atom. The van der Waals surface area contributed by atoms with Crippen LogP contribution >= 0.6 is 0 Å². The van der Waals surface area contributed by atoms with E-state index in [4.69, 9.17) is 0 Å². The lowest BCUT2D eigenvalue weighted by molar-refractivity contribution is 0.131. The van der Waals surface area contributed by atoms with Gasteiger partial charge in [-0.15, -0.1) is 0 Å². The summed E-state index contributed by atoms with van der Waals surface area (Å²) in [5.41, 5.74) is 2.00. The van der Waals surface area contributed by atoms with Crippen LogP contribution in [0.2, 0.25) is 0 Å². The molecular formula is C18H29FN2. The first kappa shape index (κ1) is 16.4. The molecule has 3 heteroatoms. The minimum atomic E-state index is -0.0745. The monoisotopic (exact) mass is 292 g/mol. The van der Waals surface area contributed by atoms with E-state index < -0.39 is 0 Å². The zero-order valence-electron chi connectivity index (χ0n) is 13.8. The third-order valence-corrected chi connectivity index (χ3v) is 4.64. The van der Waals surface area contributed by atoms with Crippen molar-refractivity contribution in [2.24, 2.45) is 11.8 Å². The van der Waals surface area contributed by atoms with Gasteiger partial charge in [-0.2, -0.15) is 0 Å². The number of nitrogens with one attached hydrogen (secondary N) is 1. The normalized spacial score (nSPS) is 23.7. The second-order valence-corrected chi connectivity index (χ2v) is 6.94. The highest BCUT2D eigenvalue weighted by Crippen LogP contribution is 2.24. The van der Waals surface area contributed by atoms with Crippen LogP contribution in [-0.2, 0) is 13.1 Å². The van der Waals surface area contributed by atoms with Gasteiger partial charge in [0.2, 0.25) is 0 Å². The standard InChI is InChI=1S/C18H29FN2/c1-13(2)20-10-16-5-6-18(19)17(9-16)12-21-8-7-14(3)15(4)11-21/h5-6,9,13-15,20H,7-8,10-12H2,1-4H3. The van der Waals surface area contributed by atoms with Crippen LogP contribution in [0, 0.1) is 17.7 Å². The predicted molar refractivity (Wildman–Crippen MR) is 86.6 cm³/mol. The van der Waals surface area contributed by atoms with Crippen LogP contribution in [0.15, 0.2) is 18.2 Å². The smallest absolute Gasteiger partial charge is 0.127 e. The fourth-order valence-corrected chi connectivity index (χ4v) is 2.91. The average Bonchev–Trinajstić information content (AvgIpc) is 2.43. The van der Waals surface area contributed by atoms with Gasteiger partial charge in [0, 0.05) is 31.2 Å². The van der Waals surface area contributed by atoms with Crippen molar-refractivity contribution in [1.82, 2.24) is 10.2 Å². The molecule has 21 heavy (non-hydrogen) atoms. The maximum Gasteiger partial charge on any atom is 0.127 e. The number of benzene rings is 1. The van der Waals surface area contributed by atoms with Crippen LogP contribution in [-0.4, -0.2) is 24.0 Å². The van der Waals surface area contributed by atoms with Crippen molar-refractivity contribution in [1.29, 1.82) is 0 Å². The van der Waals surface area contributed by atoms with E-state index in [9.17, 15) is 4.39 Å². The maximum absolute atomic E-state index is 14.1. The summed E-state index contributed by atoms with van der Waals surface area (Å²) in [7, 11) is 0. The van der Waals surface area contributed by atoms with Crippen molar-refractivity contribution >= 4 is 0 Å². The Morgan fingerprint density at radius 3 is 2.71 bits per heavy atom. The third kappa shape index (κ3) is 4.79. The molecule has 0 saturated carbocycles. The van der Waals surface area contributed by atoms with Crippen LogP contribution in [0.5, 0.6) is 0 Å². The zero-order chi connectivity index (χ0) is 15.4. The molecule has 1 heterocycles. The molecule has 0 amide bonds. The summed E-state index contributed by atoms with van der Waals surface area (Å²) in [4.78, 5) is 2.39. The third-order valence-electron chi connectivity index (χ3n) is 4.64. The average molecular weight is 292 g/mol. The molecule has 2 rings (SSSR count). The molecular weight excluding hydrogens is 263 g/mol. The largest absolute Gasteiger partial charge is 0.310 e. The summed E-state index contributed by atoms with van der Waals surface area (Å²) in [5.74, 6) is 1.41. The molecule has 1 aromatic carbocycles. The van der Waals surface area contributed by atoms with E-state index in [2.05, 4.69) is 37.9 Å². The zero-order valence-corrected chi connectivity index (χ0v) is 13.8. The van der Waals surface area contributed by atoms with Crippen molar-refractivity contribution in [2.45, 2.75) is 53.2 Å². The molecule has 0 aromatic heterocycles. The predicted octanol–water partition coefficient (Wildman–Crippen LogP) is 3.80.